The van der Waals surface area contributed by atoms with Crippen molar-refractivity contribution in [2.75, 3.05) is 0 Å². The summed E-state index contributed by atoms with van der Waals surface area (Å²) in [6, 6.07) is 8.04. The lowest BCUT2D eigenvalue weighted by Crippen LogP contribution is -2.02. The Morgan fingerprint density at radius 1 is 1.35 bits per heavy atom. The van der Waals surface area contributed by atoms with Gasteiger partial charge in [-0.2, -0.15) is 4.98 Å². The van der Waals surface area contributed by atoms with Crippen LogP contribution in [0.1, 0.15) is 31.5 Å². The highest BCUT2D eigenvalue weighted by atomic mass is 79.9. The smallest absolute Gasteiger partial charge is 0.234 e. The van der Waals surface area contributed by atoms with Gasteiger partial charge in [0.05, 0.1) is 12.2 Å². The van der Waals surface area contributed by atoms with E-state index in [0.717, 1.165) is 15.8 Å². The van der Waals surface area contributed by atoms with Gasteiger partial charge in [-0.25, -0.2) is 0 Å². The second kappa shape index (κ2) is 7.59. The number of carbonyl (C=O) groups excluding carboxylic acids is 1. The number of rotatable bonds is 7. The Morgan fingerprint density at radius 3 is 2.80 bits per heavy atom. The van der Waals surface area contributed by atoms with Crippen LogP contribution in [-0.2, 0) is 17.0 Å². The second-order valence-corrected chi connectivity index (χ2v) is 6.28. The molecule has 0 bridgehead atoms. The molecule has 106 valence electrons. The molecule has 2 aromatic rings. The average Bonchev–Trinajstić information content (AvgIpc) is 2.86. The lowest BCUT2D eigenvalue weighted by atomic mass is 10.2. The topological polar surface area (TPSA) is 56.0 Å². The van der Waals surface area contributed by atoms with E-state index in [1.165, 1.54) is 0 Å². The number of ketones is 1. The van der Waals surface area contributed by atoms with E-state index in [4.69, 9.17) is 4.52 Å². The van der Waals surface area contributed by atoms with Crippen LogP contribution in [0.2, 0.25) is 0 Å². The van der Waals surface area contributed by atoms with E-state index < -0.39 is 0 Å². The Hall–Kier alpha value is -1.14. The van der Waals surface area contributed by atoms with Gasteiger partial charge in [-0.05, 0) is 30.7 Å². The number of halogens is 1. The van der Waals surface area contributed by atoms with Crippen LogP contribution in [-0.4, -0.2) is 15.9 Å². The summed E-state index contributed by atoms with van der Waals surface area (Å²) in [5, 5.41) is 3.89. The van der Waals surface area contributed by atoms with Crippen LogP contribution >= 0.6 is 27.7 Å². The monoisotopic (exact) mass is 354 g/mol. The number of benzene rings is 1. The van der Waals surface area contributed by atoms with Crippen molar-refractivity contribution in [3.63, 3.8) is 0 Å². The van der Waals surface area contributed by atoms with E-state index in [1.807, 2.05) is 31.2 Å². The Balaban J connectivity index is 1.86. The molecule has 0 aliphatic rings. The molecule has 0 spiro atoms. The zero-order valence-corrected chi connectivity index (χ0v) is 13.5. The molecule has 0 atom stereocenters. The molecular weight excluding hydrogens is 340 g/mol. The SMILES string of the molecule is CCCC(=O)Cc1nc(CSc2ccc(Br)cc2)no1. The maximum absolute atomic E-state index is 11.5. The van der Waals surface area contributed by atoms with Crippen LogP contribution in [0.3, 0.4) is 0 Å². The summed E-state index contributed by atoms with van der Waals surface area (Å²) in [6.07, 6.45) is 1.65. The second-order valence-electron chi connectivity index (χ2n) is 4.31. The van der Waals surface area contributed by atoms with Crippen LogP contribution in [0.15, 0.2) is 38.2 Å². The molecule has 1 aromatic carbocycles. The standard InChI is InChI=1S/C14H15BrN2O2S/c1-2-3-11(18)8-14-16-13(17-19-14)9-20-12-6-4-10(15)5-7-12/h4-7H,2-3,8-9H2,1H3. The van der Waals surface area contributed by atoms with Crippen LogP contribution in [0.25, 0.3) is 0 Å². The molecule has 0 saturated carbocycles. The quantitative estimate of drug-likeness (QED) is 0.702. The summed E-state index contributed by atoms with van der Waals surface area (Å²) < 4.78 is 6.14. The summed E-state index contributed by atoms with van der Waals surface area (Å²) in [4.78, 5) is 16.9. The van der Waals surface area contributed by atoms with Crippen molar-refractivity contribution in [2.45, 2.75) is 36.8 Å². The van der Waals surface area contributed by atoms with Crippen molar-refractivity contribution in [1.82, 2.24) is 10.1 Å². The minimum Gasteiger partial charge on any atom is -0.339 e. The molecule has 0 fully saturated rings. The predicted molar refractivity (Wildman–Crippen MR) is 81.6 cm³/mol. The summed E-state index contributed by atoms with van der Waals surface area (Å²) in [7, 11) is 0. The zero-order valence-electron chi connectivity index (χ0n) is 11.1. The first-order chi connectivity index (χ1) is 9.67. The van der Waals surface area contributed by atoms with Crippen LogP contribution in [0.4, 0.5) is 0 Å². The number of hydrogen-bond donors (Lipinski definition) is 0. The number of nitrogens with zero attached hydrogens (tertiary/aromatic N) is 2. The number of carbonyl (C=O) groups is 1. The van der Waals surface area contributed by atoms with Gasteiger partial charge in [0, 0.05) is 15.8 Å². The van der Waals surface area contributed by atoms with E-state index in [9.17, 15) is 4.79 Å². The number of thioether (sulfide) groups is 1. The lowest BCUT2D eigenvalue weighted by Gasteiger charge is -1.97. The van der Waals surface area contributed by atoms with Crippen LogP contribution < -0.4 is 0 Å². The Labute approximate surface area is 130 Å². The van der Waals surface area contributed by atoms with Crippen molar-refractivity contribution >= 4 is 33.5 Å². The van der Waals surface area contributed by atoms with E-state index in [2.05, 4.69) is 26.1 Å². The number of aromatic nitrogens is 2. The highest BCUT2D eigenvalue weighted by Crippen LogP contribution is 2.23. The van der Waals surface area contributed by atoms with Crippen molar-refractivity contribution in [3.05, 3.63) is 40.5 Å². The van der Waals surface area contributed by atoms with Gasteiger partial charge in [-0.15, -0.1) is 11.8 Å². The molecule has 4 nitrogen and oxygen atoms in total. The minimum atomic E-state index is 0.142. The van der Waals surface area contributed by atoms with Gasteiger partial charge >= 0.3 is 0 Å². The third kappa shape index (κ3) is 4.76. The molecule has 20 heavy (non-hydrogen) atoms. The maximum atomic E-state index is 11.5. The van der Waals surface area contributed by atoms with Gasteiger partial charge in [0.2, 0.25) is 5.89 Å². The van der Waals surface area contributed by atoms with Crippen molar-refractivity contribution in [2.24, 2.45) is 0 Å². The molecule has 0 amide bonds. The number of hydrogen-bond acceptors (Lipinski definition) is 5. The third-order valence-electron chi connectivity index (χ3n) is 2.57. The first kappa shape index (κ1) is 15.3. The van der Waals surface area contributed by atoms with E-state index in [-0.39, 0.29) is 12.2 Å². The van der Waals surface area contributed by atoms with Gasteiger partial charge < -0.3 is 4.52 Å². The van der Waals surface area contributed by atoms with Crippen molar-refractivity contribution in [3.8, 4) is 0 Å². The van der Waals surface area contributed by atoms with Gasteiger partial charge in [0.15, 0.2) is 5.82 Å². The summed E-state index contributed by atoms with van der Waals surface area (Å²) in [6.45, 7) is 1.98. The first-order valence-corrected chi connectivity index (χ1v) is 8.16. The molecule has 1 heterocycles. The fraction of sp³-hybridized carbons (Fsp3) is 0.357. The molecule has 0 aliphatic heterocycles. The van der Waals surface area contributed by atoms with Gasteiger partial charge in [0.1, 0.15) is 5.78 Å². The lowest BCUT2D eigenvalue weighted by molar-refractivity contribution is -0.118. The first-order valence-electron chi connectivity index (χ1n) is 6.39. The fourth-order valence-electron chi connectivity index (χ4n) is 1.64. The van der Waals surface area contributed by atoms with E-state index in [1.54, 1.807) is 11.8 Å². The molecular formula is C14H15BrN2O2S. The average molecular weight is 355 g/mol. The zero-order chi connectivity index (χ0) is 14.4. The maximum Gasteiger partial charge on any atom is 0.234 e. The summed E-state index contributed by atoms with van der Waals surface area (Å²) in [5.74, 6) is 1.81. The van der Waals surface area contributed by atoms with Gasteiger partial charge in [-0.1, -0.05) is 28.0 Å². The van der Waals surface area contributed by atoms with Crippen molar-refractivity contribution in [1.29, 1.82) is 0 Å². The Morgan fingerprint density at radius 2 is 2.10 bits per heavy atom. The molecule has 0 radical (unpaired) electrons. The summed E-state index contributed by atoms with van der Waals surface area (Å²) in [5.41, 5.74) is 0. The predicted octanol–water partition coefficient (Wildman–Crippen LogP) is 4.04. The molecule has 6 heteroatoms. The van der Waals surface area contributed by atoms with Crippen LogP contribution in [0, 0.1) is 0 Å². The Bertz CT molecular complexity index is 569. The Kier molecular flexibility index (Phi) is 5.79. The van der Waals surface area contributed by atoms with Crippen molar-refractivity contribution < 1.29 is 9.32 Å². The van der Waals surface area contributed by atoms with Gasteiger partial charge in [-0.3, -0.25) is 4.79 Å². The fourth-order valence-corrected chi connectivity index (χ4v) is 2.64. The molecule has 0 unspecified atom stereocenters. The van der Waals surface area contributed by atoms with Gasteiger partial charge in [0.25, 0.3) is 0 Å². The molecule has 0 aliphatic carbocycles. The molecule has 0 saturated heterocycles. The highest BCUT2D eigenvalue weighted by molar-refractivity contribution is 9.10. The highest BCUT2D eigenvalue weighted by Gasteiger charge is 2.10. The minimum absolute atomic E-state index is 0.142. The van der Waals surface area contributed by atoms with Crippen LogP contribution in [0.5, 0.6) is 0 Å². The normalized spacial score (nSPS) is 10.7. The molecule has 1 aromatic heterocycles. The largest absolute Gasteiger partial charge is 0.339 e. The van der Waals surface area contributed by atoms with E-state index in [0.29, 0.717) is 23.9 Å². The summed E-state index contributed by atoms with van der Waals surface area (Å²) >= 11 is 5.03. The molecule has 0 N–H and O–H groups in total. The third-order valence-corrected chi connectivity index (χ3v) is 4.11. The number of Topliss-reactive ketones (excluding diaryl/α,β-unsaturated/α-hetero) is 1. The van der Waals surface area contributed by atoms with E-state index >= 15 is 0 Å². The molecule has 2 rings (SSSR count).